The van der Waals surface area contributed by atoms with Gasteiger partial charge in [-0.3, -0.25) is 14.0 Å². The van der Waals surface area contributed by atoms with Crippen LogP contribution in [0.4, 0.5) is 0 Å². The fourth-order valence-corrected chi connectivity index (χ4v) is 3.20. The highest BCUT2D eigenvalue weighted by molar-refractivity contribution is 7.15. The molecule has 7 heteroatoms. The van der Waals surface area contributed by atoms with Gasteiger partial charge in [-0.25, -0.2) is 4.98 Å². The molecule has 0 spiro atoms. The van der Waals surface area contributed by atoms with E-state index in [-0.39, 0.29) is 23.9 Å². The molecule has 24 heavy (non-hydrogen) atoms. The van der Waals surface area contributed by atoms with Gasteiger partial charge in [0.25, 0.3) is 5.91 Å². The number of nitrogens with zero attached hydrogens (tertiary/aromatic N) is 2. The Bertz CT molecular complexity index is 745. The molecule has 0 bridgehead atoms. The van der Waals surface area contributed by atoms with Gasteiger partial charge in [0.2, 0.25) is 5.91 Å². The maximum atomic E-state index is 12.4. The first kappa shape index (κ1) is 18.2. The molecule has 2 N–H and O–H groups in total. The molecule has 0 aromatic carbocycles. The molecular formula is C17H24N4O2S. The van der Waals surface area contributed by atoms with Crippen molar-refractivity contribution in [3.8, 4) is 0 Å². The lowest BCUT2D eigenvalue weighted by Gasteiger charge is -2.12. The number of allylic oxidation sites excluding steroid dienone is 1. The van der Waals surface area contributed by atoms with Crippen LogP contribution in [0.5, 0.6) is 0 Å². The maximum absolute atomic E-state index is 12.4. The van der Waals surface area contributed by atoms with Crippen LogP contribution >= 0.6 is 11.3 Å². The number of carbonyl (C=O) groups excluding carboxylic acids is 2. The van der Waals surface area contributed by atoms with Crippen LogP contribution in [0.2, 0.25) is 0 Å². The van der Waals surface area contributed by atoms with Crippen LogP contribution in [0, 0.1) is 6.92 Å². The molecule has 2 aromatic heterocycles. The molecule has 2 rings (SSSR count). The molecule has 2 aromatic rings. The summed E-state index contributed by atoms with van der Waals surface area (Å²) in [4.78, 5) is 29.0. The second kappa shape index (κ2) is 8.10. The maximum Gasteiger partial charge on any atom is 0.269 e. The van der Waals surface area contributed by atoms with E-state index in [9.17, 15) is 9.59 Å². The van der Waals surface area contributed by atoms with Gasteiger partial charge in [-0.05, 0) is 46.6 Å². The molecule has 0 saturated carbocycles. The number of fused-ring (bicyclic) bond motifs is 1. The third-order valence-corrected chi connectivity index (χ3v) is 4.25. The lowest BCUT2D eigenvalue weighted by molar-refractivity contribution is -0.116. The molecule has 130 valence electrons. The molecule has 0 radical (unpaired) electrons. The number of aryl methyl sites for hydroxylation is 1. The van der Waals surface area contributed by atoms with Crippen molar-refractivity contribution in [2.24, 2.45) is 0 Å². The molecule has 0 aliphatic heterocycles. The van der Waals surface area contributed by atoms with Crippen LogP contribution in [0.3, 0.4) is 0 Å². The van der Waals surface area contributed by atoms with Crippen LogP contribution in [-0.4, -0.2) is 33.3 Å². The summed E-state index contributed by atoms with van der Waals surface area (Å²) in [5, 5.41) is 7.61. The largest absolute Gasteiger partial charge is 0.350 e. The number of imidazole rings is 1. The van der Waals surface area contributed by atoms with Gasteiger partial charge in [-0.15, -0.1) is 11.3 Å². The molecule has 1 atom stereocenters. The Labute approximate surface area is 146 Å². The highest BCUT2D eigenvalue weighted by Crippen LogP contribution is 2.16. The SMILES string of the molecule is Cc1cn2c(C(=O)NC(C)CC/C=C/C(=O)NC(C)C)csc2n1. The minimum absolute atomic E-state index is 0.0230. The van der Waals surface area contributed by atoms with E-state index < -0.39 is 0 Å². The quantitative estimate of drug-likeness (QED) is 0.756. The van der Waals surface area contributed by atoms with Crippen LogP contribution in [-0.2, 0) is 4.79 Å². The van der Waals surface area contributed by atoms with E-state index in [4.69, 9.17) is 0 Å². The fourth-order valence-electron chi connectivity index (χ4n) is 2.30. The molecule has 0 fully saturated rings. The average Bonchev–Trinajstić information content (AvgIpc) is 3.01. The highest BCUT2D eigenvalue weighted by atomic mass is 32.1. The molecule has 0 saturated heterocycles. The lowest BCUT2D eigenvalue weighted by atomic mass is 10.1. The Balaban J connectivity index is 1.81. The van der Waals surface area contributed by atoms with Crippen molar-refractivity contribution in [3.05, 3.63) is 35.1 Å². The van der Waals surface area contributed by atoms with E-state index >= 15 is 0 Å². The van der Waals surface area contributed by atoms with E-state index in [1.54, 1.807) is 6.08 Å². The van der Waals surface area contributed by atoms with Crippen LogP contribution < -0.4 is 10.6 Å². The number of hydrogen-bond donors (Lipinski definition) is 2. The highest BCUT2D eigenvalue weighted by Gasteiger charge is 2.15. The summed E-state index contributed by atoms with van der Waals surface area (Å²) in [5.74, 6) is -0.189. The van der Waals surface area contributed by atoms with Crippen molar-refractivity contribution in [2.45, 2.75) is 52.6 Å². The Morgan fingerprint density at radius 1 is 1.33 bits per heavy atom. The van der Waals surface area contributed by atoms with Crippen LogP contribution in [0.25, 0.3) is 4.96 Å². The predicted octanol–water partition coefficient (Wildman–Crippen LogP) is 2.68. The molecule has 0 aliphatic carbocycles. The molecule has 6 nitrogen and oxygen atoms in total. The minimum atomic E-state index is -0.104. The molecule has 2 amide bonds. The lowest BCUT2D eigenvalue weighted by Crippen LogP contribution is -2.33. The predicted molar refractivity (Wildman–Crippen MR) is 96.4 cm³/mol. The van der Waals surface area contributed by atoms with Gasteiger partial charge in [0.1, 0.15) is 5.69 Å². The normalized spacial score (nSPS) is 12.9. The summed E-state index contributed by atoms with van der Waals surface area (Å²) < 4.78 is 1.82. The van der Waals surface area contributed by atoms with E-state index in [1.807, 2.05) is 49.7 Å². The zero-order valence-corrected chi connectivity index (χ0v) is 15.3. The fraction of sp³-hybridized carbons (Fsp3) is 0.471. The van der Waals surface area contributed by atoms with Gasteiger partial charge >= 0.3 is 0 Å². The Kier molecular flexibility index (Phi) is 6.14. The summed E-state index contributed by atoms with van der Waals surface area (Å²) in [6.45, 7) is 7.72. The summed E-state index contributed by atoms with van der Waals surface area (Å²) in [6.07, 6.45) is 6.75. The monoisotopic (exact) mass is 348 g/mol. The van der Waals surface area contributed by atoms with Gasteiger partial charge in [0.05, 0.1) is 5.69 Å². The summed E-state index contributed by atoms with van der Waals surface area (Å²) in [6, 6.07) is 0.157. The van der Waals surface area contributed by atoms with Gasteiger partial charge in [0.15, 0.2) is 4.96 Å². The van der Waals surface area contributed by atoms with E-state index in [0.717, 1.165) is 23.5 Å². The van der Waals surface area contributed by atoms with E-state index in [1.165, 1.54) is 11.3 Å². The van der Waals surface area contributed by atoms with Gasteiger partial charge < -0.3 is 10.6 Å². The van der Waals surface area contributed by atoms with Crippen molar-refractivity contribution in [2.75, 3.05) is 0 Å². The Morgan fingerprint density at radius 3 is 2.79 bits per heavy atom. The van der Waals surface area contributed by atoms with Crippen molar-refractivity contribution < 1.29 is 9.59 Å². The second-order valence-corrected chi connectivity index (χ2v) is 7.01. The number of thiazole rings is 1. The van der Waals surface area contributed by atoms with Crippen molar-refractivity contribution >= 4 is 28.1 Å². The van der Waals surface area contributed by atoms with Crippen LogP contribution in [0.15, 0.2) is 23.7 Å². The first-order valence-corrected chi connectivity index (χ1v) is 8.96. The summed E-state index contributed by atoms with van der Waals surface area (Å²) >= 11 is 1.46. The van der Waals surface area contributed by atoms with E-state index in [0.29, 0.717) is 5.69 Å². The number of aromatic nitrogens is 2. The minimum Gasteiger partial charge on any atom is -0.350 e. The van der Waals surface area contributed by atoms with Crippen LogP contribution in [0.1, 0.15) is 49.8 Å². The van der Waals surface area contributed by atoms with Crippen molar-refractivity contribution in [1.29, 1.82) is 0 Å². The first-order valence-electron chi connectivity index (χ1n) is 8.08. The summed E-state index contributed by atoms with van der Waals surface area (Å²) in [5.41, 5.74) is 1.50. The molecule has 0 aliphatic rings. The zero-order valence-electron chi connectivity index (χ0n) is 14.5. The first-order chi connectivity index (χ1) is 11.4. The average molecular weight is 348 g/mol. The summed E-state index contributed by atoms with van der Waals surface area (Å²) in [7, 11) is 0. The number of hydrogen-bond acceptors (Lipinski definition) is 4. The standard InChI is InChI=1S/C17H24N4O2S/c1-11(2)18-15(22)8-6-5-7-12(3)19-16(23)14-10-24-17-20-13(4)9-21(14)17/h6,8-12H,5,7H2,1-4H3,(H,18,22)(H,19,23)/b8-6+. The zero-order chi connectivity index (χ0) is 17.7. The number of amides is 2. The number of rotatable bonds is 7. The van der Waals surface area contributed by atoms with Crippen molar-refractivity contribution in [3.63, 3.8) is 0 Å². The third kappa shape index (κ3) is 4.92. The molecule has 2 heterocycles. The Morgan fingerprint density at radius 2 is 2.08 bits per heavy atom. The number of carbonyl (C=O) groups is 2. The molecular weight excluding hydrogens is 324 g/mol. The second-order valence-electron chi connectivity index (χ2n) is 6.17. The van der Waals surface area contributed by atoms with Gasteiger partial charge in [-0.2, -0.15) is 0 Å². The molecule has 1 unspecified atom stereocenters. The van der Waals surface area contributed by atoms with Gasteiger partial charge in [-0.1, -0.05) is 6.08 Å². The topological polar surface area (TPSA) is 75.5 Å². The van der Waals surface area contributed by atoms with Crippen molar-refractivity contribution in [1.82, 2.24) is 20.0 Å². The van der Waals surface area contributed by atoms with E-state index in [2.05, 4.69) is 15.6 Å². The van der Waals surface area contributed by atoms with Gasteiger partial charge in [0, 0.05) is 23.7 Å². The number of nitrogens with one attached hydrogen (secondary N) is 2. The Hall–Kier alpha value is -2.15. The third-order valence-electron chi connectivity index (χ3n) is 3.41. The smallest absolute Gasteiger partial charge is 0.269 e.